The predicted molar refractivity (Wildman–Crippen MR) is 161 cm³/mol. The third-order valence-corrected chi connectivity index (χ3v) is 7.20. The van der Waals surface area contributed by atoms with Crippen LogP contribution in [0, 0.1) is 0 Å². The quantitative estimate of drug-likeness (QED) is 0.298. The van der Waals surface area contributed by atoms with E-state index in [1.54, 1.807) is 21.3 Å². The number of aliphatic hydroxyl groups is 1. The summed E-state index contributed by atoms with van der Waals surface area (Å²) < 4.78 is 5.98. The molecule has 0 saturated carbocycles. The van der Waals surface area contributed by atoms with Crippen LogP contribution in [0.4, 0.5) is 0 Å². The van der Waals surface area contributed by atoms with Crippen LogP contribution in [0.1, 0.15) is 50.6 Å². The summed E-state index contributed by atoms with van der Waals surface area (Å²) in [6.45, 7) is 7.26. The van der Waals surface area contributed by atoms with Gasteiger partial charge in [0, 0.05) is 11.1 Å². The topological polar surface area (TPSA) is 66.2 Å². The van der Waals surface area contributed by atoms with Crippen LogP contribution in [0.5, 0.6) is 0 Å². The van der Waals surface area contributed by atoms with Gasteiger partial charge in [-0.3, -0.25) is 0 Å². The summed E-state index contributed by atoms with van der Waals surface area (Å²) in [6, 6.07) is 36.8. The van der Waals surface area contributed by atoms with Gasteiger partial charge in [-0.25, -0.2) is 9.98 Å². The van der Waals surface area contributed by atoms with Gasteiger partial charge in [0.2, 0.25) is 0 Å². The molecule has 0 fully saturated rings. The van der Waals surface area contributed by atoms with Crippen LogP contribution in [-0.4, -0.2) is 35.5 Å². The molecule has 0 aliphatic carbocycles. The lowest BCUT2D eigenvalue weighted by Crippen LogP contribution is -2.49. The summed E-state index contributed by atoms with van der Waals surface area (Å²) in [5.74, 6) is 1.59. The highest BCUT2D eigenvalue weighted by Crippen LogP contribution is 2.29. The molecule has 1 aliphatic rings. The van der Waals surface area contributed by atoms with Crippen molar-refractivity contribution in [2.45, 2.75) is 45.1 Å². The van der Waals surface area contributed by atoms with E-state index in [4.69, 9.17) is 14.6 Å². The van der Waals surface area contributed by atoms with Gasteiger partial charge in [0.05, 0.1) is 11.2 Å². The Morgan fingerprint density at radius 1 is 0.667 bits per heavy atom. The maximum Gasteiger partial charge on any atom is 0.330 e. The summed E-state index contributed by atoms with van der Waals surface area (Å²) in [6.07, 6.45) is -0.387. The highest BCUT2D eigenvalue weighted by Gasteiger charge is 2.35. The minimum Gasteiger partial charge on any atom is -0.427 e. The zero-order chi connectivity index (χ0) is 27.5. The summed E-state index contributed by atoms with van der Waals surface area (Å²) in [5.41, 5.74) is 4.36. The van der Waals surface area contributed by atoms with Crippen molar-refractivity contribution in [1.29, 1.82) is 0 Å². The number of benzene rings is 4. The minimum absolute atomic E-state index is 0.387. The Kier molecular flexibility index (Phi) is 7.51. The van der Waals surface area contributed by atoms with E-state index in [0.717, 1.165) is 45.0 Å². The van der Waals surface area contributed by atoms with Gasteiger partial charge < -0.3 is 15.1 Å². The standard InChI is InChI=1S/C33H33BN3O2/c1-32(2,38)33(3,4)39-34-28-20-12-18-26(22-28)25-17-11-19-27(21-25)31-36-29(23-13-7-5-8-14-23)35-30(37-31)24-15-9-6-10-16-24/h5-22,31,38H,1-4H3,(H,35,36,37). The summed E-state index contributed by atoms with van der Waals surface area (Å²) in [7, 11) is 1.71. The molecule has 2 N–H and O–H groups in total. The number of amidine groups is 2. The molecule has 5 rings (SSSR count). The highest BCUT2D eigenvalue weighted by atomic mass is 16.5. The summed E-state index contributed by atoms with van der Waals surface area (Å²) >= 11 is 0. The molecule has 6 heteroatoms. The van der Waals surface area contributed by atoms with Crippen LogP contribution in [0.25, 0.3) is 11.1 Å². The van der Waals surface area contributed by atoms with E-state index in [0.29, 0.717) is 0 Å². The molecule has 1 aliphatic heterocycles. The smallest absolute Gasteiger partial charge is 0.330 e. The van der Waals surface area contributed by atoms with E-state index in [1.165, 1.54) is 0 Å². The van der Waals surface area contributed by atoms with Crippen molar-refractivity contribution in [2.24, 2.45) is 9.98 Å². The van der Waals surface area contributed by atoms with Gasteiger partial charge in [0.25, 0.3) is 0 Å². The van der Waals surface area contributed by atoms with Gasteiger partial charge in [0.1, 0.15) is 11.7 Å². The van der Waals surface area contributed by atoms with Gasteiger partial charge in [-0.15, -0.1) is 0 Å². The highest BCUT2D eigenvalue weighted by molar-refractivity contribution is 6.47. The number of rotatable bonds is 8. The first-order valence-electron chi connectivity index (χ1n) is 13.2. The van der Waals surface area contributed by atoms with E-state index in [-0.39, 0.29) is 6.17 Å². The lowest BCUT2D eigenvalue weighted by molar-refractivity contribution is -0.0893. The SMILES string of the molecule is CC(C)(O)C(C)(C)O[B]c1cccc(-c2cccc(C3N=C(c4ccccc4)NC(c4ccccc4)=N3)c2)c1. The van der Waals surface area contributed by atoms with E-state index in [1.807, 2.05) is 68.4 Å². The van der Waals surface area contributed by atoms with Crippen LogP contribution < -0.4 is 10.8 Å². The predicted octanol–water partition coefficient (Wildman–Crippen LogP) is 5.66. The molecular formula is C33H33BN3O2. The van der Waals surface area contributed by atoms with Crippen molar-refractivity contribution in [3.63, 3.8) is 0 Å². The lowest BCUT2D eigenvalue weighted by atomic mass is 9.81. The molecule has 1 radical (unpaired) electrons. The Balaban J connectivity index is 1.46. The minimum atomic E-state index is -0.984. The fourth-order valence-corrected chi connectivity index (χ4v) is 4.11. The number of aliphatic imine (C=N–C) groups is 2. The van der Waals surface area contributed by atoms with E-state index in [2.05, 4.69) is 59.9 Å². The van der Waals surface area contributed by atoms with Gasteiger partial charge in [-0.05, 0) is 50.5 Å². The zero-order valence-electron chi connectivity index (χ0n) is 22.8. The monoisotopic (exact) mass is 514 g/mol. The average Bonchev–Trinajstić information content (AvgIpc) is 2.96. The molecular weight excluding hydrogens is 481 g/mol. The molecule has 0 aromatic heterocycles. The molecule has 1 heterocycles. The number of hydrogen-bond acceptors (Lipinski definition) is 5. The first kappa shape index (κ1) is 26.6. The largest absolute Gasteiger partial charge is 0.427 e. The maximum atomic E-state index is 10.4. The second-order valence-corrected chi connectivity index (χ2v) is 10.7. The molecule has 4 aromatic carbocycles. The van der Waals surface area contributed by atoms with Crippen molar-refractivity contribution >= 4 is 24.6 Å². The molecule has 0 bridgehead atoms. The molecule has 0 atom stereocenters. The molecule has 39 heavy (non-hydrogen) atoms. The van der Waals surface area contributed by atoms with Crippen molar-refractivity contribution in [3.8, 4) is 11.1 Å². The Bertz CT molecular complexity index is 1440. The Hall–Kier alpha value is -4.00. The van der Waals surface area contributed by atoms with Crippen LogP contribution >= 0.6 is 0 Å². The molecule has 0 saturated heterocycles. The normalized spacial score (nSPS) is 14.3. The van der Waals surface area contributed by atoms with E-state index >= 15 is 0 Å². The molecule has 4 aromatic rings. The van der Waals surface area contributed by atoms with Gasteiger partial charge in [-0.2, -0.15) is 0 Å². The fraction of sp³-hybridized carbons (Fsp3) is 0.212. The third-order valence-electron chi connectivity index (χ3n) is 7.20. The van der Waals surface area contributed by atoms with Crippen molar-refractivity contribution in [2.75, 3.05) is 0 Å². The summed E-state index contributed by atoms with van der Waals surface area (Å²) in [4.78, 5) is 10.00. The molecule has 0 amide bonds. The van der Waals surface area contributed by atoms with Gasteiger partial charge in [-0.1, -0.05) is 109 Å². The molecule has 0 spiro atoms. The first-order chi connectivity index (χ1) is 18.7. The second kappa shape index (κ2) is 11.0. The van der Waals surface area contributed by atoms with E-state index in [9.17, 15) is 5.11 Å². The number of nitrogens with zero attached hydrogens (tertiary/aromatic N) is 2. The molecule has 195 valence electrons. The number of hydrogen-bond donors (Lipinski definition) is 2. The van der Waals surface area contributed by atoms with Crippen LogP contribution in [-0.2, 0) is 4.65 Å². The van der Waals surface area contributed by atoms with Crippen LogP contribution in [0.3, 0.4) is 0 Å². The zero-order valence-corrected chi connectivity index (χ0v) is 22.8. The van der Waals surface area contributed by atoms with E-state index < -0.39 is 11.2 Å². The third kappa shape index (κ3) is 6.19. The van der Waals surface area contributed by atoms with Crippen LogP contribution in [0.15, 0.2) is 119 Å². The first-order valence-corrected chi connectivity index (χ1v) is 13.2. The molecule has 5 nitrogen and oxygen atoms in total. The maximum absolute atomic E-state index is 10.4. The Labute approximate surface area is 231 Å². The lowest BCUT2D eigenvalue weighted by Gasteiger charge is -2.37. The Morgan fingerprint density at radius 3 is 1.74 bits per heavy atom. The van der Waals surface area contributed by atoms with Crippen LogP contribution in [0.2, 0.25) is 0 Å². The second-order valence-electron chi connectivity index (χ2n) is 10.7. The molecule has 0 unspecified atom stereocenters. The summed E-state index contributed by atoms with van der Waals surface area (Å²) in [5, 5.41) is 13.9. The average molecular weight is 514 g/mol. The van der Waals surface area contributed by atoms with Crippen molar-refractivity contribution in [1.82, 2.24) is 5.32 Å². The van der Waals surface area contributed by atoms with Gasteiger partial charge in [0.15, 0.2) is 6.17 Å². The van der Waals surface area contributed by atoms with Crippen molar-refractivity contribution < 1.29 is 9.76 Å². The fourth-order valence-electron chi connectivity index (χ4n) is 4.11. The van der Waals surface area contributed by atoms with Crippen molar-refractivity contribution in [3.05, 3.63) is 126 Å². The Morgan fingerprint density at radius 2 is 1.18 bits per heavy atom. The van der Waals surface area contributed by atoms with Gasteiger partial charge >= 0.3 is 7.48 Å². The number of nitrogens with one attached hydrogen (secondary N) is 1.